The molecule has 4 rings (SSSR count). The van der Waals surface area contributed by atoms with Crippen LogP contribution in [0.25, 0.3) is 5.82 Å². The van der Waals surface area contributed by atoms with Crippen LogP contribution in [-0.4, -0.2) is 16.3 Å². The molecule has 0 bridgehead atoms. The highest BCUT2D eigenvalue weighted by atomic mass is 35.5. The highest BCUT2D eigenvalue weighted by Gasteiger charge is 2.31. The molecular weight excluding hydrogens is 403 g/mol. The van der Waals surface area contributed by atoms with Crippen LogP contribution in [0.5, 0.6) is 11.5 Å². The van der Waals surface area contributed by atoms with E-state index in [-0.39, 0.29) is 17.6 Å². The van der Waals surface area contributed by atoms with Crippen molar-refractivity contribution in [3.8, 4) is 17.3 Å². The second-order valence-corrected chi connectivity index (χ2v) is 6.75. The summed E-state index contributed by atoms with van der Waals surface area (Å²) in [5.41, 5.74) is -0.112. The van der Waals surface area contributed by atoms with E-state index in [4.69, 9.17) is 21.1 Å². The molecular formula is C17H11ClF3N3O2S. The van der Waals surface area contributed by atoms with E-state index in [0.717, 1.165) is 18.0 Å². The minimum absolute atomic E-state index is 0.0917. The van der Waals surface area contributed by atoms with Gasteiger partial charge in [0.25, 0.3) is 0 Å². The Bertz CT molecular complexity index is 994. The molecule has 1 aliphatic heterocycles. The van der Waals surface area contributed by atoms with Crippen molar-refractivity contribution >= 4 is 29.2 Å². The molecule has 0 saturated carbocycles. The first-order valence-corrected chi connectivity index (χ1v) is 8.84. The number of halogens is 4. The zero-order valence-corrected chi connectivity index (χ0v) is 15.0. The summed E-state index contributed by atoms with van der Waals surface area (Å²) >= 11 is 7.30. The van der Waals surface area contributed by atoms with Crippen LogP contribution in [0, 0.1) is 0 Å². The van der Waals surface area contributed by atoms with Gasteiger partial charge >= 0.3 is 6.18 Å². The van der Waals surface area contributed by atoms with E-state index in [0.29, 0.717) is 16.5 Å². The summed E-state index contributed by atoms with van der Waals surface area (Å²) in [6, 6.07) is 9.82. The summed E-state index contributed by atoms with van der Waals surface area (Å²) in [4.78, 5) is 3.88. The summed E-state index contributed by atoms with van der Waals surface area (Å²) in [6.45, 7) is 0.187. The SMILES string of the molecule is FC(F)(F)c1cnc(-n2cccc2SNc2ccc3c(c2)OCO3)c(Cl)c1. The van der Waals surface area contributed by atoms with E-state index in [1.165, 1.54) is 11.9 Å². The number of nitrogens with one attached hydrogen (secondary N) is 1. The largest absolute Gasteiger partial charge is 0.454 e. The van der Waals surface area contributed by atoms with E-state index in [9.17, 15) is 13.2 Å². The number of fused-ring (bicyclic) bond motifs is 1. The number of aromatic nitrogens is 2. The molecule has 0 unspecified atom stereocenters. The molecule has 3 aromatic rings. The second-order valence-electron chi connectivity index (χ2n) is 5.52. The number of hydrogen-bond donors (Lipinski definition) is 1. The predicted molar refractivity (Wildman–Crippen MR) is 95.6 cm³/mol. The lowest BCUT2D eigenvalue weighted by atomic mass is 10.3. The van der Waals surface area contributed by atoms with Gasteiger partial charge in [-0.2, -0.15) is 13.2 Å². The highest BCUT2D eigenvalue weighted by Crippen LogP contribution is 2.36. The Hall–Kier alpha value is -2.52. The average molecular weight is 414 g/mol. The Labute approximate surface area is 161 Å². The standard InChI is InChI=1S/C17H11ClF3N3O2S/c18-12-6-10(17(19,20)21)8-22-16(12)24-5-1-2-15(24)27-23-11-3-4-13-14(7-11)26-9-25-13/h1-8,23H,9H2. The van der Waals surface area contributed by atoms with Crippen molar-refractivity contribution in [3.05, 3.63) is 59.4 Å². The molecule has 27 heavy (non-hydrogen) atoms. The molecule has 5 nitrogen and oxygen atoms in total. The number of anilines is 1. The van der Waals surface area contributed by atoms with Gasteiger partial charge in [0.15, 0.2) is 17.3 Å². The van der Waals surface area contributed by atoms with Crippen molar-refractivity contribution in [3.63, 3.8) is 0 Å². The lowest BCUT2D eigenvalue weighted by molar-refractivity contribution is -0.137. The Morgan fingerprint density at radius 2 is 1.96 bits per heavy atom. The molecule has 10 heteroatoms. The molecule has 0 aliphatic carbocycles. The molecule has 0 atom stereocenters. The highest BCUT2D eigenvalue weighted by molar-refractivity contribution is 8.00. The van der Waals surface area contributed by atoms with E-state index in [1.807, 2.05) is 6.07 Å². The fourth-order valence-electron chi connectivity index (χ4n) is 2.46. The number of hydrogen-bond acceptors (Lipinski definition) is 5. The van der Waals surface area contributed by atoms with Gasteiger partial charge in [-0.05, 0) is 30.3 Å². The van der Waals surface area contributed by atoms with Gasteiger partial charge in [0.1, 0.15) is 5.03 Å². The predicted octanol–water partition coefficient (Wildman–Crippen LogP) is 5.39. The second kappa shape index (κ2) is 6.90. The van der Waals surface area contributed by atoms with Crippen LogP contribution in [0.15, 0.2) is 53.8 Å². The number of rotatable bonds is 4. The van der Waals surface area contributed by atoms with Crippen molar-refractivity contribution in [2.45, 2.75) is 11.2 Å². The smallest absolute Gasteiger partial charge is 0.417 e. The Balaban J connectivity index is 1.55. The molecule has 0 amide bonds. The zero-order chi connectivity index (χ0) is 19.0. The number of benzene rings is 1. The molecule has 0 saturated heterocycles. The van der Waals surface area contributed by atoms with Crippen LogP contribution in [0.2, 0.25) is 5.02 Å². The molecule has 0 fully saturated rings. The summed E-state index contributed by atoms with van der Waals surface area (Å²) in [6.07, 6.45) is -2.06. The van der Waals surface area contributed by atoms with Crippen molar-refractivity contribution < 1.29 is 22.6 Å². The fraction of sp³-hybridized carbons (Fsp3) is 0.118. The maximum atomic E-state index is 12.8. The van der Waals surface area contributed by atoms with Crippen LogP contribution in [0.4, 0.5) is 18.9 Å². The molecule has 3 heterocycles. The monoisotopic (exact) mass is 413 g/mol. The topological polar surface area (TPSA) is 48.3 Å². The third-order valence-corrected chi connectivity index (χ3v) is 4.89. The molecule has 1 N–H and O–H groups in total. The summed E-state index contributed by atoms with van der Waals surface area (Å²) in [7, 11) is 0. The van der Waals surface area contributed by atoms with E-state index >= 15 is 0 Å². The van der Waals surface area contributed by atoms with Gasteiger partial charge in [-0.25, -0.2) is 4.98 Å². The average Bonchev–Trinajstić information content (AvgIpc) is 3.27. The van der Waals surface area contributed by atoms with Gasteiger partial charge in [-0.3, -0.25) is 4.57 Å². The van der Waals surface area contributed by atoms with Crippen molar-refractivity contribution in [1.82, 2.24) is 9.55 Å². The van der Waals surface area contributed by atoms with Crippen molar-refractivity contribution in [2.24, 2.45) is 0 Å². The number of alkyl halides is 3. The maximum absolute atomic E-state index is 12.8. The van der Waals surface area contributed by atoms with Crippen molar-refractivity contribution in [1.29, 1.82) is 0 Å². The number of pyridine rings is 1. The van der Waals surface area contributed by atoms with Gasteiger partial charge in [0.05, 0.1) is 10.6 Å². The Morgan fingerprint density at radius 1 is 1.15 bits per heavy atom. The summed E-state index contributed by atoms with van der Waals surface area (Å²) in [5, 5.41) is 0.604. The van der Waals surface area contributed by atoms with E-state index in [2.05, 4.69) is 9.71 Å². The molecule has 2 aromatic heterocycles. The third-order valence-electron chi connectivity index (χ3n) is 3.73. The minimum atomic E-state index is -4.50. The Morgan fingerprint density at radius 3 is 2.74 bits per heavy atom. The third kappa shape index (κ3) is 3.65. The van der Waals surface area contributed by atoms with Crippen LogP contribution in [-0.2, 0) is 6.18 Å². The zero-order valence-electron chi connectivity index (χ0n) is 13.5. The molecule has 0 radical (unpaired) electrons. The molecule has 1 aromatic carbocycles. The van der Waals surface area contributed by atoms with E-state index < -0.39 is 11.7 Å². The number of ether oxygens (including phenoxy) is 2. The van der Waals surface area contributed by atoms with Crippen molar-refractivity contribution in [2.75, 3.05) is 11.5 Å². The lowest BCUT2D eigenvalue weighted by Gasteiger charge is -2.13. The first kappa shape index (κ1) is 17.9. The number of nitrogens with zero attached hydrogens (tertiary/aromatic N) is 2. The Kier molecular flexibility index (Phi) is 4.56. The molecule has 140 valence electrons. The van der Waals surface area contributed by atoms with Crippen LogP contribution >= 0.6 is 23.5 Å². The maximum Gasteiger partial charge on any atom is 0.417 e. The normalized spacial score (nSPS) is 13.0. The van der Waals surface area contributed by atoms with Crippen LogP contribution in [0.1, 0.15) is 5.56 Å². The van der Waals surface area contributed by atoms with E-state index in [1.54, 1.807) is 35.0 Å². The van der Waals surface area contributed by atoms with Crippen LogP contribution < -0.4 is 14.2 Å². The summed E-state index contributed by atoms with van der Waals surface area (Å²) < 4.78 is 53.7. The molecule has 0 spiro atoms. The van der Waals surface area contributed by atoms with Gasteiger partial charge in [0, 0.05) is 36.1 Å². The van der Waals surface area contributed by atoms with Crippen LogP contribution in [0.3, 0.4) is 0 Å². The first-order chi connectivity index (χ1) is 12.9. The van der Waals surface area contributed by atoms with Gasteiger partial charge in [0.2, 0.25) is 6.79 Å². The minimum Gasteiger partial charge on any atom is -0.454 e. The van der Waals surface area contributed by atoms with Gasteiger partial charge in [-0.15, -0.1) is 0 Å². The molecule has 1 aliphatic rings. The summed E-state index contributed by atoms with van der Waals surface area (Å²) in [5.74, 6) is 1.53. The quantitative estimate of drug-likeness (QED) is 0.581. The van der Waals surface area contributed by atoms with Gasteiger partial charge in [-0.1, -0.05) is 11.6 Å². The lowest BCUT2D eigenvalue weighted by Crippen LogP contribution is -2.08. The van der Waals surface area contributed by atoms with Gasteiger partial charge < -0.3 is 14.2 Å². The first-order valence-electron chi connectivity index (χ1n) is 7.65. The fourth-order valence-corrected chi connectivity index (χ4v) is 3.46.